The van der Waals surface area contributed by atoms with Crippen LogP contribution in [-0.4, -0.2) is 51.8 Å². The first-order valence-corrected chi connectivity index (χ1v) is 11.6. The Morgan fingerprint density at radius 3 is 2.53 bits per heavy atom. The summed E-state index contributed by atoms with van der Waals surface area (Å²) in [4.78, 5) is 35.9. The lowest BCUT2D eigenvalue weighted by Crippen LogP contribution is -2.52. The van der Waals surface area contributed by atoms with E-state index < -0.39 is 5.60 Å². The number of aryl methyl sites for hydroxylation is 2. The lowest BCUT2D eigenvalue weighted by Gasteiger charge is -2.44. The highest BCUT2D eigenvalue weighted by molar-refractivity contribution is 6.36. The SMILES string of the molecule is Cc1cc(C)nc(NCCCC(=O)N2CCC3(CC2)CC(=O)c2cc(Cl)cc(Cl)c2O3)n1. The predicted molar refractivity (Wildman–Crippen MR) is 124 cm³/mol. The summed E-state index contributed by atoms with van der Waals surface area (Å²) in [5.41, 5.74) is 1.65. The minimum atomic E-state index is -0.611. The Kier molecular flexibility index (Phi) is 6.58. The van der Waals surface area contributed by atoms with E-state index in [4.69, 9.17) is 27.9 Å². The number of anilines is 1. The summed E-state index contributed by atoms with van der Waals surface area (Å²) in [5.74, 6) is 1.09. The topological polar surface area (TPSA) is 84.4 Å². The number of carbonyl (C=O) groups is 2. The molecule has 32 heavy (non-hydrogen) atoms. The second-order valence-electron chi connectivity index (χ2n) is 8.53. The van der Waals surface area contributed by atoms with Gasteiger partial charge in [0.25, 0.3) is 0 Å². The fourth-order valence-corrected chi connectivity index (χ4v) is 4.89. The van der Waals surface area contributed by atoms with Gasteiger partial charge in [-0.2, -0.15) is 0 Å². The molecule has 170 valence electrons. The number of hydrogen-bond donors (Lipinski definition) is 1. The lowest BCUT2D eigenvalue weighted by molar-refractivity contribution is -0.134. The first-order chi connectivity index (χ1) is 15.2. The molecule has 4 rings (SSSR count). The van der Waals surface area contributed by atoms with Crippen LogP contribution in [0.25, 0.3) is 0 Å². The standard InChI is InChI=1S/C23H26Cl2N4O3/c1-14-10-15(2)28-22(27-14)26-7-3-4-20(31)29-8-5-23(6-9-29)13-19(30)17-11-16(24)12-18(25)21(17)32-23/h10-12H,3-9,13H2,1-2H3,(H,26,27,28). The zero-order valence-corrected chi connectivity index (χ0v) is 19.7. The number of amides is 1. The summed E-state index contributed by atoms with van der Waals surface area (Å²) >= 11 is 12.3. The average Bonchev–Trinajstić information content (AvgIpc) is 2.72. The molecule has 7 nitrogen and oxygen atoms in total. The number of benzene rings is 1. The van der Waals surface area contributed by atoms with Crippen molar-refractivity contribution in [2.45, 2.75) is 51.6 Å². The molecule has 9 heteroatoms. The summed E-state index contributed by atoms with van der Waals surface area (Å²) in [6, 6.07) is 5.11. The Bertz CT molecular complexity index is 1030. The lowest BCUT2D eigenvalue weighted by atomic mass is 9.82. The maximum absolute atomic E-state index is 12.7. The Labute approximate surface area is 197 Å². The highest BCUT2D eigenvalue weighted by Crippen LogP contribution is 2.44. The van der Waals surface area contributed by atoms with Crippen LogP contribution in [-0.2, 0) is 4.79 Å². The fraction of sp³-hybridized carbons (Fsp3) is 0.478. The van der Waals surface area contributed by atoms with E-state index in [1.807, 2.05) is 24.8 Å². The Balaban J connectivity index is 1.28. The number of nitrogens with one attached hydrogen (secondary N) is 1. The highest BCUT2D eigenvalue weighted by Gasteiger charge is 2.44. The molecule has 1 N–H and O–H groups in total. The number of ether oxygens (including phenoxy) is 1. The van der Waals surface area contributed by atoms with Crippen molar-refractivity contribution in [3.05, 3.63) is 45.2 Å². The van der Waals surface area contributed by atoms with Crippen LogP contribution in [0.15, 0.2) is 18.2 Å². The fourth-order valence-electron chi connectivity index (χ4n) is 4.36. The van der Waals surface area contributed by atoms with E-state index >= 15 is 0 Å². The number of carbonyl (C=O) groups excluding carboxylic acids is 2. The largest absolute Gasteiger partial charge is 0.484 e. The molecule has 0 unspecified atom stereocenters. The van der Waals surface area contributed by atoms with Crippen LogP contribution in [0.4, 0.5) is 5.95 Å². The van der Waals surface area contributed by atoms with E-state index in [1.54, 1.807) is 12.1 Å². The third kappa shape index (κ3) is 4.99. The zero-order chi connectivity index (χ0) is 22.9. The predicted octanol–water partition coefficient (Wildman–Crippen LogP) is 4.62. The molecule has 0 aliphatic carbocycles. The number of hydrogen-bond acceptors (Lipinski definition) is 6. The van der Waals surface area contributed by atoms with Crippen LogP contribution in [0.3, 0.4) is 0 Å². The number of Topliss-reactive ketones (excluding diaryl/α,β-unsaturated/α-hetero) is 1. The molecule has 1 fully saturated rings. The second kappa shape index (κ2) is 9.24. The van der Waals surface area contributed by atoms with E-state index in [9.17, 15) is 9.59 Å². The van der Waals surface area contributed by atoms with Gasteiger partial charge in [-0.3, -0.25) is 9.59 Å². The monoisotopic (exact) mass is 476 g/mol. The minimum absolute atomic E-state index is 0.0184. The van der Waals surface area contributed by atoms with Crippen molar-refractivity contribution in [3.8, 4) is 5.75 Å². The molecule has 0 radical (unpaired) electrons. The van der Waals surface area contributed by atoms with Crippen molar-refractivity contribution in [1.82, 2.24) is 14.9 Å². The molecule has 1 aromatic heterocycles. The van der Waals surface area contributed by atoms with Gasteiger partial charge in [-0.1, -0.05) is 23.2 Å². The summed E-state index contributed by atoms with van der Waals surface area (Å²) in [7, 11) is 0. The molecule has 2 aromatic rings. The van der Waals surface area contributed by atoms with Crippen LogP contribution in [0, 0.1) is 13.8 Å². The molecule has 1 saturated heterocycles. The van der Waals surface area contributed by atoms with Crippen molar-refractivity contribution >= 4 is 40.8 Å². The number of rotatable bonds is 5. The maximum Gasteiger partial charge on any atom is 0.223 e. The number of fused-ring (bicyclic) bond motifs is 1. The summed E-state index contributed by atoms with van der Waals surface area (Å²) in [5, 5.41) is 3.95. The van der Waals surface area contributed by atoms with E-state index in [1.165, 1.54) is 0 Å². The maximum atomic E-state index is 12.7. The summed E-state index contributed by atoms with van der Waals surface area (Å²) < 4.78 is 6.24. The number of piperidine rings is 1. The normalized spacial score (nSPS) is 17.1. The first kappa shape index (κ1) is 22.8. The third-order valence-corrected chi connectivity index (χ3v) is 6.47. The van der Waals surface area contributed by atoms with Crippen molar-refractivity contribution in [2.24, 2.45) is 0 Å². The Hall–Kier alpha value is -2.38. The van der Waals surface area contributed by atoms with Gasteiger partial charge in [-0.15, -0.1) is 0 Å². The number of aromatic nitrogens is 2. The van der Waals surface area contributed by atoms with Gasteiger partial charge < -0.3 is 15.0 Å². The number of likely N-dealkylation sites (tertiary alicyclic amines) is 1. The van der Waals surface area contributed by atoms with Gasteiger partial charge in [-0.05, 0) is 38.5 Å². The minimum Gasteiger partial charge on any atom is -0.484 e. The van der Waals surface area contributed by atoms with Gasteiger partial charge in [0.1, 0.15) is 11.4 Å². The molecule has 0 saturated carbocycles. The van der Waals surface area contributed by atoms with Crippen LogP contribution in [0.5, 0.6) is 5.75 Å². The van der Waals surface area contributed by atoms with Crippen molar-refractivity contribution in [1.29, 1.82) is 0 Å². The Morgan fingerprint density at radius 2 is 1.84 bits per heavy atom. The highest BCUT2D eigenvalue weighted by atomic mass is 35.5. The smallest absolute Gasteiger partial charge is 0.223 e. The van der Waals surface area contributed by atoms with Gasteiger partial charge in [0.05, 0.1) is 17.0 Å². The third-order valence-electron chi connectivity index (χ3n) is 5.97. The van der Waals surface area contributed by atoms with Crippen LogP contribution in [0.2, 0.25) is 10.0 Å². The van der Waals surface area contributed by atoms with Crippen molar-refractivity contribution in [3.63, 3.8) is 0 Å². The van der Waals surface area contributed by atoms with Gasteiger partial charge in [0.2, 0.25) is 11.9 Å². The summed E-state index contributed by atoms with van der Waals surface area (Å²) in [6.07, 6.45) is 2.60. The molecule has 1 aromatic carbocycles. The molecule has 0 bridgehead atoms. The van der Waals surface area contributed by atoms with Crippen LogP contribution >= 0.6 is 23.2 Å². The summed E-state index contributed by atoms with van der Waals surface area (Å²) in [6.45, 7) is 5.60. The van der Waals surface area contributed by atoms with Gasteiger partial charge in [-0.25, -0.2) is 9.97 Å². The van der Waals surface area contributed by atoms with Crippen LogP contribution < -0.4 is 10.1 Å². The molecular formula is C23H26Cl2N4O3. The zero-order valence-electron chi connectivity index (χ0n) is 18.2. The van der Waals surface area contributed by atoms with Gasteiger partial charge >= 0.3 is 0 Å². The molecule has 0 atom stereocenters. The van der Waals surface area contributed by atoms with Crippen molar-refractivity contribution < 1.29 is 14.3 Å². The number of ketones is 1. The van der Waals surface area contributed by atoms with E-state index in [2.05, 4.69) is 15.3 Å². The van der Waals surface area contributed by atoms with Gasteiger partial charge in [0, 0.05) is 55.3 Å². The molecule has 3 heterocycles. The number of halogens is 2. The van der Waals surface area contributed by atoms with Crippen molar-refractivity contribution in [2.75, 3.05) is 25.0 Å². The number of nitrogens with zero attached hydrogens (tertiary/aromatic N) is 3. The van der Waals surface area contributed by atoms with Crippen LogP contribution in [0.1, 0.15) is 53.8 Å². The van der Waals surface area contributed by atoms with E-state index in [0.717, 1.165) is 11.4 Å². The molecule has 2 aliphatic rings. The molecule has 1 amide bonds. The van der Waals surface area contributed by atoms with E-state index in [0.29, 0.717) is 72.6 Å². The quantitative estimate of drug-likeness (QED) is 0.633. The van der Waals surface area contributed by atoms with E-state index in [-0.39, 0.29) is 18.1 Å². The Morgan fingerprint density at radius 1 is 1.16 bits per heavy atom. The second-order valence-corrected chi connectivity index (χ2v) is 9.38. The van der Waals surface area contributed by atoms with Gasteiger partial charge in [0.15, 0.2) is 5.78 Å². The average molecular weight is 477 g/mol. The molecular weight excluding hydrogens is 451 g/mol. The first-order valence-electron chi connectivity index (χ1n) is 10.8. The molecule has 1 spiro atoms. The molecule has 2 aliphatic heterocycles.